The maximum atomic E-state index is 14.4. The number of hydrogen-bond donors (Lipinski definition) is 3. The minimum absolute atomic E-state index is 0.0918. The summed E-state index contributed by atoms with van der Waals surface area (Å²) in [5, 5.41) is 11.6. The molecule has 3 fully saturated rings. The Morgan fingerprint density at radius 2 is 1.62 bits per heavy atom. The standard InChI is InChI=1S/C32H45N5O3/c1-21(26-17-9-14-23-11-7-8-16-27(23)26)34-31(39)28-20-36-18-10-15-25(36)19-37(28)32(40)29(24-12-5-4-6-13-24)35-30(38)22(2)33-3/h7-9,11,14,16-17,21-22,24-25,28-29,33H,4-6,10,12-13,15,18-20H2,1-3H3,(H,34,39)(H,35,38)/t21-,22+,25-,28+,29+/m1/s1. The van der Waals surface area contributed by atoms with Crippen molar-refractivity contribution in [1.82, 2.24) is 25.8 Å². The molecule has 2 aromatic rings. The highest BCUT2D eigenvalue weighted by molar-refractivity contribution is 5.94. The molecule has 2 aromatic carbocycles. The zero-order valence-electron chi connectivity index (χ0n) is 24.2. The molecular formula is C32H45N5O3. The number of fused-ring (bicyclic) bond motifs is 2. The SMILES string of the molecule is CN[C@@H](C)C(=O)N[C@H](C(=O)N1C[C@H]2CCCN2C[C@H]1C(=O)N[C@H](C)c1cccc2ccccc12)C1CCCCC1. The van der Waals surface area contributed by atoms with Gasteiger partial charge in [-0.25, -0.2) is 0 Å². The summed E-state index contributed by atoms with van der Waals surface area (Å²) < 4.78 is 0. The van der Waals surface area contributed by atoms with Gasteiger partial charge in [0.25, 0.3) is 0 Å². The fraction of sp³-hybridized carbons (Fsp3) is 0.594. The van der Waals surface area contributed by atoms with Crippen molar-refractivity contribution < 1.29 is 14.4 Å². The van der Waals surface area contributed by atoms with Gasteiger partial charge >= 0.3 is 0 Å². The smallest absolute Gasteiger partial charge is 0.246 e. The molecule has 0 spiro atoms. The van der Waals surface area contributed by atoms with Crippen molar-refractivity contribution in [2.24, 2.45) is 5.92 Å². The van der Waals surface area contributed by atoms with E-state index >= 15 is 0 Å². The molecule has 1 saturated carbocycles. The quantitative estimate of drug-likeness (QED) is 0.471. The van der Waals surface area contributed by atoms with Crippen molar-refractivity contribution in [3.8, 4) is 0 Å². The molecule has 2 aliphatic heterocycles. The van der Waals surface area contributed by atoms with Crippen LogP contribution >= 0.6 is 0 Å². The van der Waals surface area contributed by atoms with Crippen LogP contribution in [0.15, 0.2) is 42.5 Å². The van der Waals surface area contributed by atoms with Crippen LogP contribution in [0.25, 0.3) is 10.8 Å². The lowest BCUT2D eigenvalue weighted by Gasteiger charge is -2.45. The molecular weight excluding hydrogens is 502 g/mol. The fourth-order valence-corrected chi connectivity index (χ4v) is 6.94. The van der Waals surface area contributed by atoms with E-state index in [2.05, 4.69) is 45.1 Å². The van der Waals surface area contributed by atoms with Crippen LogP contribution in [-0.4, -0.2) is 78.4 Å². The van der Waals surface area contributed by atoms with Gasteiger partial charge in [-0.3, -0.25) is 19.3 Å². The van der Waals surface area contributed by atoms with Gasteiger partial charge in [-0.1, -0.05) is 61.7 Å². The van der Waals surface area contributed by atoms with Crippen LogP contribution in [-0.2, 0) is 14.4 Å². The number of nitrogens with zero attached hydrogens (tertiary/aromatic N) is 2. The van der Waals surface area contributed by atoms with E-state index in [-0.39, 0.29) is 35.7 Å². The molecule has 0 unspecified atom stereocenters. The van der Waals surface area contributed by atoms with E-state index in [0.29, 0.717) is 13.1 Å². The normalized spacial score (nSPS) is 24.2. The lowest BCUT2D eigenvalue weighted by Crippen LogP contribution is -2.66. The molecule has 8 nitrogen and oxygen atoms in total. The third-order valence-corrected chi connectivity index (χ3v) is 9.44. The molecule has 216 valence electrons. The van der Waals surface area contributed by atoms with Crippen LogP contribution in [0.4, 0.5) is 0 Å². The largest absolute Gasteiger partial charge is 0.348 e. The summed E-state index contributed by atoms with van der Waals surface area (Å²) in [6, 6.07) is 12.8. The molecule has 0 bridgehead atoms. The van der Waals surface area contributed by atoms with E-state index in [1.165, 1.54) is 0 Å². The second-order valence-corrected chi connectivity index (χ2v) is 12.0. The van der Waals surface area contributed by atoms with E-state index in [0.717, 1.165) is 67.8 Å². The molecule has 3 N–H and O–H groups in total. The van der Waals surface area contributed by atoms with Crippen LogP contribution in [0.5, 0.6) is 0 Å². The summed E-state index contributed by atoms with van der Waals surface area (Å²) in [7, 11) is 1.75. The summed E-state index contributed by atoms with van der Waals surface area (Å²) in [6.07, 6.45) is 7.24. The lowest BCUT2D eigenvalue weighted by molar-refractivity contribution is -0.149. The number of nitrogens with one attached hydrogen (secondary N) is 3. The molecule has 3 amide bonds. The van der Waals surface area contributed by atoms with E-state index in [1.807, 2.05) is 25.1 Å². The highest BCUT2D eigenvalue weighted by Gasteiger charge is 2.45. The predicted octanol–water partition coefficient (Wildman–Crippen LogP) is 3.37. The minimum atomic E-state index is -0.609. The number of amides is 3. The average Bonchev–Trinajstić information content (AvgIpc) is 3.46. The summed E-state index contributed by atoms with van der Waals surface area (Å²) in [5.41, 5.74) is 1.06. The Morgan fingerprint density at radius 3 is 2.40 bits per heavy atom. The van der Waals surface area contributed by atoms with Crippen LogP contribution in [0.2, 0.25) is 0 Å². The van der Waals surface area contributed by atoms with E-state index in [4.69, 9.17) is 0 Å². The number of rotatable bonds is 8. The van der Waals surface area contributed by atoms with Gasteiger partial charge in [0, 0.05) is 19.1 Å². The molecule has 2 saturated heterocycles. The van der Waals surface area contributed by atoms with Gasteiger partial charge in [0.05, 0.1) is 12.1 Å². The van der Waals surface area contributed by atoms with Crippen molar-refractivity contribution in [2.75, 3.05) is 26.7 Å². The van der Waals surface area contributed by atoms with Gasteiger partial charge in [0.1, 0.15) is 12.1 Å². The molecule has 40 heavy (non-hydrogen) atoms. The summed E-state index contributed by atoms with van der Waals surface area (Å²) >= 11 is 0. The van der Waals surface area contributed by atoms with Crippen LogP contribution < -0.4 is 16.0 Å². The van der Waals surface area contributed by atoms with Crippen LogP contribution in [0.3, 0.4) is 0 Å². The molecule has 5 rings (SSSR count). The maximum absolute atomic E-state index is 14.4. The number of piperazine rings is 1. The molecule has 2 heterocycles. The molecule has 1 aliphatic carbocycles. The first-order valence-electron chi connectivity index (χ1n) is 15.2. The van der Waals surface area contributed by atoms with Gasteiger partial charge in [-0.05, 0) is 75.4 Å². The Bertz CT molecular complexity index is 1210. The van der Waals surface area contributed by atoms with Gasteiger partial charge in [-0.2, -0.15) is 0 Å². The van der Waals surface area contributed by atoms with E-state index in [9.17, 15) is 14.4 Å². The fourth-order valence-electron chi connectivity index (χ4n) is 6.94. The van der Waals surface area contributed by atoms with Crippen LogP contribution in [0, 0.1) is 5.92 Å². The first kappa shape index (κ1) is 28.6. The second kappa shape index (κ2) is 12.7. The van der Waals surface area contributed by atoms with Crippen LogP contribution in [0.1, 0.15) is 70.4 Å². The highest BCUT2D eigenvalue weighted by Crippen LogP contribution is 2.31. The highest BCUT2D eigenvalue weighted by atomic mass is 16.2. The third-order valence-electron chi connectivity index (χ3n) is 9.44. The summed E-state index contributed by atoms with van der Waals surface area (Å²) in [6.45, 7) is 5.83. The zero-order chi connectivity index (χ0) is 28.2. The Morgan fingerprint density at radius 1 is 0.875 bits per heavy atom. The van der Waals surface area contributed by atoms with Gasteiger partial charge in [-0.15, -0.1) is 0 Å². The van der Waals surface area contributed by atoms with Crippen molar-refractivity contribution in [3.63, 3.8) is 0 Å². The molecule has 8 heteroatoms. The van der Waals surface area contributed by atoms with Crippen molar-refractivity contribution >= 4 is 28.5 Å². The molecule has 5 atom stereocenters. The topological polar surface area (TPSA) is 93.8 Å². The minimum Gasteiger partial charge on any atom is -0.348 e. The maximum Gasteiger partial charge on any atom is 0.246 e. The van der Waals surface area contributed by atoms with Crippen molar-refractivity contribution in [2.45, 2.75) is 89.0 Å². The molecule has 0 radical (unpaired) electrons. The van der Waals surface area contributed by atoms with Crippen molar-refractivity contribution in [3.05, 3.63) is 48.0 Å². The Kier molecular flexibility index (Phi) is 9.06. The Balaban J connectivity index is 1.39. The number of hydrogen-bond acceptors (Lipinski definition) is 5. The van der Waals surface area contributed by atoms with E-state index < -0.39 is 18.1 Å². The second-order valence-electron chi connectivity index (χ2n) is 12.0. The molecule has 3 aliphatic rings. The molecule has 0 aromatic heterocycles. The Labute approximate surface area is 238 Å². The number of likely N-dealkylation sites (N-methyl/N-ethyl adjacent to an activating group) is 1. The first-order valence-corrected chi connectivity index (χ1v) is 15.2. The van der Waals surface area contributed by atoms with Crippen molar-refractivity contribution in [1.29, 1.82) is 0 Å². The lowest BCUT2D eigenvalue weighted by atomic mass is 9.82. The third kappa shape index (κ3) is 6.03. The van der Waals surface area contributed by atoms with Gasteiger partial charge < -0.3 is 20.9 Å². The van der Waals surface area contributed by atoms with E-state index in [1.54, 1.807) is 18.9 Å². The number of benzene rings is 2. The first-order chi connectivity index (χ1) is 19.4. The zero-order valence-corrected chi connectivity index (χ0v) is 24.2. The Hall–Kier alpha value is -2.97. The summed E-state index contributed by atoms with van der Waals surface area (Å²) in [5.74, 6) is -0.310. The summed E-state index contributed by atoms with van der Waals surface area (Å²) in [4.78, 5) is 45.5. The monoisotopic (exact) mass is 547 g/mol. The predicted molar refractivity (Wildman–Crippen MR) is 158 cm³/mol. The van der Waals surface area contributed by atoms with Gasteiger partial charge in [0.2, 0.25) is 17.7 Å². The number of carbonyl (C=O) groups excluding carboxylic acids is 3. The number of carbonyl (C=O) groups is 3. The van der Waals surface area contributed by atoms with Gasteiger partial charge in [0.15, 0.2) is 0 Å². The average molecular weight is 548 g/mol.